The van der Waals surface area contributed by atoms with Gasteiger partial charge in [0, 0.05) is 30.4 Å². The van der Waals surface area contributed by atoms with Gasteiger partial charge in [-0.2, -0.15) is 0 Å². The summed E-state index contributed by atoms with van der Waals surface area (Å²) in [6, 6.07) is 3.81. The van der Waals surface area contributed by atoms with Gasteiger partial charge in [-0.15, -0.1) is 5.10 Å². The van der Waals surface area contributed by atoms with Crippen LogP contribution in [-0.2, 0) is 13.6 Å². The summed E-state index contributed by atoms with van der Waals surface area (Å²) in [5.41, 5.74) is 1.00. The summed E-state index contributed by atoms with van der Waals surface area (Å²) < 4.78 is 13.1. The van der Waals surface area contributed by atoms with Crippen LogP contribution in [0.4, 0.5) is 0 Å². The van der Waals surface area contributed by atoms with E-state index in [0.29, 0.717) is 30.5 Å². The number of halogens is 1. The number of nitrogens with one attached hydrogen (secondary N) is 1. The molecule has 1 heterocycles. The highest BCUT2D eigenvalue weighted by Crippen LogP contribution is 2.33. The maximum atomic E-state index is 6.40. The van der Waals surface area contributed by atoms with E-state index < -0.39 is 0 Å². The summed E-state index contributed by atoms with van der Waals surface area (Å²) in [6.07, 6.45) is 1.94. The van der Waals surface area contributed by atoms with Crippen LogP contribution in [0.25, 0.3) is 0 Å². The second kappa shape index (κ2) is 11.3. The van der Waals surface area contributed by atoms with E-state index in [1.807, 2.05) is 26.1 Å². The molecule has 0 saturated carbocycles. The Kier molecular flexibility index (Phi) is 9.00. The van der Waals surface area contributed by atoms with E-state index in [2.05, 4.69) is 27.8 Å². The van der Waals surface area contributed by atoms with Crippen LogP contribution in [0.3, 0.4) is 0 Å². The lowest BCUT2D eigenvalue weighted by Gasteiger charge is -2.15. The molecule has 0 radical (unpaired) electrons. The van der Waals surface area contributed by atoms with Crippen molar-refractivity contribution < 1.29 is 9.47 Å². The minimum absolute atomic E-state index is 0.588. The second-order valence-corrected chi connectivity index (χ2v) is 7.10. The van der Waals surface area contributed by atoms with Gasteiger partial charge in [-0.1, -0.05) is 30.3 Å². The highest BCUT2D eigenvalue weighted by atomic mass is 35.5. The minimum atomic E-state index is 0.588. The van der Waals surface area contributed by atoms with E-state index in [-0.39, 0.29) is 0 Å². The number of hydrogen-bond donors (Lipinski definition) is 1. The Morgan fingerprint density at radius 2 is 2.04 bits per heavy atom. The Bertz CT molecular complexity index is 683. The molecule has 0 aliphatic heterocycles. The fraction of sp³-hybridized carbons (Fsp3) is 0.588. The third-order valence-corrected chi connectivity index (χ3v) is 4.95. The van der Waals surface area contributed by atoms with Gasteiger partial charge >= 0.3 is 0 Å². The van der Waals surface area contributed by atoms with E-state index in [9.17, 15) is 0 Å². The van der Waals surface area contributed by atoms with Gasteiger partial charge in [0.15, 0.2) is 11.5 Å². The summed E-state index contributed by atoms with van der Waals surface area (Å²) >= 11 is 8.05. The number of ether oxygens (including phenoxy) is 2. The summed E-state index contributed by atoms with van der Waals surface area (Å²) in [5.74, 6) is 2.40. The highest BCUT2D eigenvalue weighted by molar-refractivity contribution is 7.99. The number of aromatic nitrogens is 4. The van der Waals surface area contributed by atoms with Crippen LogP contribution in [0.5, 0.6) is 11.5 Å². The third-order valence-electron chi connectivity index (χ3n) is 3.50. The molecule has 26 heavy (non-hydrogen) atoms. The monoisotopic (exact) mass is 399 g/mol. The van der Waals surface area contributed by atoms with Crippen LogP contribution in [0.2, 0.25) is 5.02 Å². The van der Waals surface area contributed by atoms with Crippen LogP contribution in [-0.4, -0.2) is 45.7 Å². The molecule has 7 nitrogen and oxygen atoms in total. The van der Waals surface area contributed by atoms with Crippen LogP contribution >= 0.6 is 23.4 Å². The molecular weight excluding hydrogens is 374 g/mol. The number of tetrazole rings is 1. The lowest BCUT2D eigenvalue weighted by atomic mass is 10.2. The first-order valence-electron chi connectivity index (χ1n) is 8.79. The van der Waals surface area contributed by atoms with Crippen LogP contribution < -0.4 is 14.8 Å². The maximum Gasteiger partial charge on any atom is 0.209 e. The molecule has 0 aliphatic carbocycles. The van der Waals surface area contributed by atoms with Gasteiger partial charge in [-0.05, 0) is 48.4 Å². The Labute approximate surface area is 163 Å². The largest absolute Gasteiger partial charge is 0.490 e. The molecule has 0 fully saturated rings. The van der Waals surface area contributed by atoms with Gasteiger partial charge in [0.05, 0.1) is 13.2 Å². The van der Waals surface area contributed by atoms with Crippen LogP contribution in [0.15, 0.2) is 17.3 Å². The van der Waals surface area contributed by atoms with Crippen molar-refractivity contribution in [3.63, 3.8) is 0 Å². The molecule has 0 atom stereocenters. The molecule has 9 heteroatoms. The Morgan fingerprint density at radius 1 is 1.23 bits per heavy atom. The third kappa shape index (κ3) is 6.34. The molecule has 0 saturated heterocycles. The van der Waals surface area contributed by atoms with Gasteiger partial charge < -0.3 is 14.8 Å². The van der Waals surface area contributed by atoms with Crippen molar-refractivity contribution in [1.29, 1.82) is 0 Å². The van der Waals surface area contributed by atoms with E-state index in [4.69, 9.17) is 21.1 Å². The van der Waals surface area contributed by atoms with Crippen molar-refractivity contribution in [2.45, 2.75) is 38.4 Å². The fourth-order valence-corrected chi connectivity index (χ4v) is 3.24. The summed E-state index contributed by atoms with van der Waals surface area (Å²) in [4.78, 5) is 0. The number of benzene rings is 1. The molecule has 144 valence electrons. The van der Waals surface area contributed by atoms with E-state index in [0.717, 1.165) is 41.6 Å². The average molecular weight is 400 g/mol. The average Bonchev–Trinajstić information content (AvgIpc) is 3.04. The van der Waals surface area contributed by atoms with Gasteiger partial charge in [0.25, 0.3) is 0 Å². The molecule has 2 aromatic rings. The standard InChI is InChI=1S/C17H26ClN5O2S/c1-4-8-25-16-11-14(18)13(10-15(16)24-5-2)12-19-7-6-9-26-17-20-21-22-23(17)3/h10-11,19H,4-9,12H2,1-3H3. The highest BCUT2D eigenvalue weighted by Gasteiger charge is 2.11. The topological polar surface area (TPSA) is 74.1 Å². The molecule has 0 bridgehead atoms. The second-order valence-electron chi connectivity index (χ2n) is 5.64. The number of rotatable bonds is 12. The number of nitrogens with zero attached hydrogens (tertiary/aromatic N) is 4. The Morgan fingerprint density at radius 3 is 2.73 bits per heavy atom. The zero-order valence-electron chi connectivity index (χ0n) is 15.5. The summed E-state index contributed by atoms with van der Waals surface area (Å²) in [5, 5.41) is 16.3. The van der Waals surface area contributed by atoms with Crippen molar-refractivity contribution in [3.8, 4) is 11.5 Å². The zero-order chi connectivity index (χ0) is 18.8. The van der Waals surface area contributed by atoms with E-state index in [1.54, 1.807) is 16.4 Å². The van der Waals surface area contributed by atoms with E-state index >= 15 is 0 Å². The molecule has 0 unspecified atom stereocenters. The van der Waals surface area contributed by atoms with Crippen molar-refractivity contribution in [3.05, 3.63) is 22.7 Å². The molecule has 1 N–H and O–H groups in total. The van der Waals surface area contributed by atoms with Crippen molar-refractivity contribution in [2.24, 2.45) is 7.05 Å². The molecule has 1 aromatic carbocycles. The normalized spacial score (nSPS) is 10.9. The minimum Gasteiger partial charge on any atom is -0.490 e. The van der Waals surface area contributed by atoms with Gasteiger partial charge in [-0.3, -0.25) is 0 Å². The number of thioether (sulfide) groups is 1. The predicted molar refractivity (Wildman–Crippen MR) is 104 cm³/mol. The van der Waals surface area contributed by atoms with Gasteiger partial charge in [0.2, 0.25) is 5.16 Å². The van der Waals surface area contributed by atoms with Crippen molar-refractivity contribution in [1.82, 2.24) is 25.5 Å². The van der Waals surface area contributed by atoms with Crippen LogP contribution in [0, 0.1) is 0 Å². The first-order valence-corrected chi connectivity index (χ1v) is 10.2. The molecular formula is C17H26ClN5O2S. The first-order chi connectivity index (χ1) is 12.7. The number of hydrogen-bond acceptors (Lipinski definition) is 7. The lowest BCUT2D eigenvalue weighted by Crippen LogP contribution is -2.16. The van der Waals surface area contributed by atoms with Crippen molar-refractivity contribution in [2.75, 3.05) is 25.5 Å². The SMILES string of the molecule is CCCOc1cc(Cl)c(CNCCCSc2nnnn2C)cc1OCC. The van der Waals surface area contributed by atoms with Crippen LogP contribution in [0.1, 0.15) is 32.3 Å². The smallest absolute Gasteiger partial charge is 0.209 e. The summed E-state index contributed by atoms with van der Waals surface area (Å²) in [7, 11) is 1.84. The van der Waals surface area contributed by atoms with Gasteiger partial charge in [-0.25, -0.2) is 4.68 Å². The molecule has 0 spiro atoms. The zero-order valence-corrected chi connectivity index (χ0v) is 17.1. The quantitative estimate of drug-likeness (QED) is 0.433. The summed E-state index contributed by atoms with van der Waals surface area (Å²) in [6.45, 7) is 6.83. The maximum absolute atomic E-state index is 6.40. The predicted octanol–water partition coefficient (Wildman–Crippen LogP) is 3.32. The molecule has 1 aromatic heterocycles. The van der Waals surface area contributed by atoms with Crippen molar-refractivity contribution >= 4 is 23.4 Å². The number of aryl methyl sites for hydroxylation is 1. The lowest BCUT2D eigenvalue weighted by molar-refractivity contribution is 0.276. The first kappa shape index (κ1) is 20.8. The Balaban J connectivity index is 1.80. The molecule has 2 rings (SSSR count). The van der Waals surface area contributed by atoms with Gasteiger partial charge in [0.1, 0.15) is 0 Å². The molecule has 0 aliphatic rings. The fourth-order valence-electron chi connectivity index (χ4n) is 2.23. The molecule has 0 amide bonds. The Hall–Kier alpha value is -1.51. The van der Waals surface area contributed by atoms with E-state index in [1.165, 1.54) is 0 Å².